The molecular formula is C28H39N3O2. The number of piperazine rings is 1. The Bertz CT molecular complexity index is 867. The first-order valence-corrected chi connectivity index (χ1v) is 12.5. The van der Waals surface area contributed by atoms with E-state index >= 15 is 0 Å². The molecule has 0 unspecified atom stereocenters. The number of aliphatic hydroxyl groups excluding tert-OH is 1. The molecular weight excluding hydrogens is 410 g/mol. The molecule has 2 N–H and O–H groups in total. The van der Waals surface area contributed by atoms with E-state index in [2.05, 4.69) is 58.6 Å². The van der Waals surface area contributed by atoms with Crippen LogP contribution in [-0.4, -0.2) is 72.7 Å². The number of aryl methyl sites for hydroxylation is 1. The van der Waals surface area contributed by atoms with Crippen LogP contribution in [0.5, 0.6) is 0 Å². The third kappa shape index (κ3) is 6.23. The van der Waals surface area contributed by atoms with Crippen molar-refractivity contribution in [3.63, 3.8) is 0 Å². The summed E-state index contributed by atoms with van der Waals surface area (Å²) in [4.78, 5) is 17.6. The van der Waals surface area contributed by atoms with Crippen molar-refractivity contribution >= 4 is 5.91 Å². The fourth-order valence-corrected chi connectivity index (χ4v) is 5.56. The monoisotopic (exact) mass is 449 g/mol. The van der Waals surface area contributed by atoms with Crippen molar-refractivity contribution in [1.82, 2.24) is 15.1 Å². The number of hydrogen-bond acceptors (Lipinski definition) is 4. The third-order valence-corrected chi connectivity index (χ3v) is 7.78. The van der Waals surface area contributed by atoms with Gasteiger partial charge in [0, 0.05) is 50.6 Å². The molecule has 5 heteroatoms. The largest absolute Gasteiger partial charge is 0.391 e. The number of hydrogen-bond donors (Lipinski definition) is 2. The van der Waals surface area contributed by atoms with Crippen molar-refractivity contribution in [3.8, 4) is 0 Å². The lowest BCUT2D eigenvalue weighted by Gasteiger charge is -2.39. The highest BCUT2D eigenvalue weighted by molar-refractivity contribution is 5.76. The molecule has 3 atom stereocenters. The molecule has 1 aliphatic heterocycles. The zero-order valence-electron chi connectivity index (χ0n) is 20.0. The zero-order chi connectivity index (χ0) is 23.1. The van der Waals surface area contributed by atoms with Crippen LogP contribution in [0, 0.1) is 0 Å². The Morgan fingerprint density at radius 1 is 0.970 bits per heavy atom. The molecule has 0 spiro atoms. The van der Waals surface area contributed by atoms with Crippen LogP contribution in [0.2, 0.25) is 0 Å². The zero-order valence-corrected chi connectivity index (χ0v) is 20.0. The molecule has 178 valence electrons. The summed E-state index contributed by atoms with van der Waals surface area (Å²) in [6.07, 6.45) is 4.54. The van der Waals surface area contributed by atoms with E-state index in [9.17, 15) is 9.90 Å². The van der Waals surface area contributed by atoms with Gasteiger partial charge in [0.05, 0.1) is 6.10 Å². The molecule has 1 aliphatic carbocycles. The minimum atomic E-state index is -0.312. The van der Waals surface area contributed by atoms with Gasteiger partial charge in [-0.2, -0.15) is 0 Å². The average molecular weight is 450 g/mol. The Hall–Kier alpha value is -2.21. The number of benzene rings is 2. The second kappa shape index (κ2) is 11.3. The summed E-state index contributed by atoms with van der Waals surface area (Å²) >= 11 is 0. The maximum Gasteiger partial charge on any atom is 0.220 e. The van der Waals surface area contributed by atoms with Crippen LogP contribution in [0.25, 0.3) is 0 Å². The van der Waals surface area contributed by atoms with Crippen molar-refractivity contribution in [3.05, 3.63) is 71.8 Å². The highest BCUT2D eigenvalue weighted by Crippen LogP contribution is 2.39. The van der Waals surface area contributed by atoms with E-state index in [1.54, 1.807) is 0 Å². The smallest absolute Gasteiger partial charge is 0.220 e. The Labute approximate surface area is 198 Å². The van der Waals surface area contributed by atoms with Crippen molar-refractivity contribution in [2.75, 3.05) is 39.8 Å². The van der Waals surface area contributed by atoms with Gasteiger partial charge >= 0.3 is 0 Å². The summed E-state index contributed by atoms with van der Waals surface area (Å²) in [5, 5.41) is 14.4. The van der Waals surface area contributed by atoms with Crippen molar-refractivity contribution < 1.29 is 9.90 Å². The Kier molecular flexibility index (Phi) is 8.18. The number of amides is 1. The molecule has 33 heavy (non-hydrogen) atoms. The summed E-state index contributed by atoms with van der Waals surface area (Å²) in [6.45, 7) is 4.79. The van der Waals surface area contributed by atoms with Gasteiger partial charge in [-0.3, -0.25) is 9.69 Å². The standard InChI is InChI=1S/C28H39N3O2/c1-30-18-20-31(21-19-30)25-14-16-28(17-15-26(25)32,24-10-6-3-7-11-24)22-29-27(33)13-12-23-8-4-2-5-9-23/h2-11,25-26,32H,12-22H2,1H3,(H,29,33)/t25-,26-,28-/m0/s1. The van der Waals surface area contributed by atoms with Crippen LogP contribution < -0.4 is 5.32 Å². The fraction of sp³-hybridized carbons (Fsp3) is 0.536. The number of nitrogens with one attached hydrogen (secondary N) is 1. The lowest BCUT2D eigenvalue weighted by molar-refractivity contribution is -0.121. The van der Waals surface area contributed by atoms with Gasteiger partial charge in [-0.15, -0.1) is 0 Å². The summed E-state index contributed by atoms with van der Waals surface area (Å²) < 4.78 is 0. The van der Waals surface area contributed by atoms with Gasteiger partial charge in [0.2, 0.25) is 5.91 Å². The molecule has 1 saturated carbocycles. The van der Waals surface area contributed by atoms with Gasteiger partial charge in [0.1, 0.15) is 0 Å². The van der Waals surface area contributed by atoms with Crippen molar-refractivity contribution in [2.24, 2.45) is 0 Å². The number of carbonyl (C=O) groups excluding carboxylic acids is 1. The van der Waals surface area contributed by atoms with E-state index in [0.29, 0.717) is 13.0 Å². The lowest BCUT2D eigenvalue weighted by atomic mass is 9.74. The molecule has 4 rings (SSSR count). The number of nitrogens with zero attached hydrogens (tertiary/aromatic N) is 2. The summed E-state index contributed by atoms with van der Waals surface area (Å²) in [5.74, 6) is 0.106. The van der Waals surface area contributed by atoms with E-state index < -0.39 is 0 Å². The average Bonchev–Trinajstić information content (AvgIpc) is 3.03. The SMILES string of the molecule is CN1CCN([C@H]2CC[C@](CNC(=O)CCc3ccccc3)(c3ccccc3)CC[C@@H]2O)CC1. The maximum atomic E-state index is 12.8. The number of rotatable bonds is 7. The Balaban J connectivity index is 1.43. The first-order valence-electron chi connectivity index (χ1n) is 12.5. The van der Waals surface area contributed by atoms with E-state index in [4.69, 9.17) is 0 Å². The Morgan fingerprint density at radius 3 is 2.30 bits per heavy atom. The minimum absolute atomic E-state index is 0.106. The number of carbonyl (C=O) groups is 1. The van der Waals surface area contributed by atoms with E-state index in [-0.39, 0.29) is 23.5 Å². The number of likely N-dealkylation sites (N-methyl/N-ethyl adjacent to an activating group) is 1. The van der Waals surface area contributed by atoms with Crippen LogP contribution in [0.1, 0.15) is 43.2 Å². The predicted molar refractivity (Wildman–Crippen MR) is 133 cm³/mol. The molecule has 1 saturated heterocycles. The summed E-state index contributed by atoms with van der Waals surface area (Å²) in [6, 6.07) is 21.0. The van der Waals surface area contributed by atoms with Gasteiger partial charge in [0.15, 0.2) is 0 Å². The lowest BCUT2D eigenvalue weighted by Crippen LogP contribution is -2.52. The van der Waals surface area contributed by atoms with Crippen molar-refractivity contribution in [2.45, 2.75) is 56.1 Å². The molecule has 2 aliphatic rings. The molecule has 2 aromatic rings. The topological polar surface area (TPSA) is 55.8 Å². The normalized spacial score (nSPS) is 27.1. The minimum Gasteiger partial charge on any atom is -0.391 e. The molecule has 2 aromatic carbocycles. The first-order chi connectivity index (χ1) is 16.1. The molecule has 1 amide bonds. The van der Waals surface area contributed by atoms with Crippen LogP contribution in [0.4, 0.5) is 0 Å². The molecule has 0 aromatic heterocycles. The molecule has 0 bridgehead atoms. The van der Waals surface area contributed by atoms with Gasteiger partial charge in [-0.05, 0) is 50.3 Å². The third-order valence-electron chi connectivity index (χ3n) is 7.78. The van der Waals surface area contributed by atoms with Crippen LogP contribution in [0.15, 0.2) is 60.7 Å². The molecule has 0 radical (unpaired) electrons. The van der Waals surface area contributed by atoms with Gasteiger partial charge in [-0.1, -0.05) is 60.7 Å². The van der Waals surface area contributed by atoms with E-state index in [1.807, 2.05) is 24.3 Å². The highest BCUT2D eigenvalue weighted by atomic mass is 16.3. The first kappa shape index (κ1) is 23.9. The van der Waals surface area contributed by atoms with Crippen LogP contribution in [0.3, 0.4) is 0 Å². The van der Waals surface area contributed by atoms with Crippen LogP contribution in [-0.2, 0) is 16.6 Å². The van der Waals surface area contributed by atoms with Crippen molar-refractivity contribution in [1.29, 1.82) is 0 Å². The predicted octanol–water partition coefficient (Wildman–Crippen LogP) is 3.22. The van der Waals surface area contributed by atoms with E-state index in [1.165, 1.54) is 11.1 Å². The maximum absolute atomic E-state index is 12.8. The second-order valence-electron chi connectivity index (χ2n) is 9.96. The molecule has 2 fully saturated rings. The van der Waals surface area contributed by atoms with Crippen LogP contribution >= 0.6 is 0 Å². The number of aliphatic hydroxyl groups is 1. The quantitative estimate of drug-likeness (QED) is 0.638. The van der Waals surface area contributed by atoms with Gasteiger partial charge in [0.25, 0.3) is 0 Å². The highest BCUT2D eigenvalue weighted by Gasteiger charge is 2.40. The summed E-state index contributed by atoms with van der Waals surface area (Å²) in [5.41, 5.74) is 2.34. The molecule has 5 nitrogen and oxygen atoms in total. The second-order valence-corrected chi connectivity index (χ2v) is 9.96. The van der Waals surface area contributed by atoms with Gasteiger partial charge < -0.3 is 15.3 Å². The summed E-state index contributed by atoms with van der Waals surface area (Å²) in [7, 11) is 2.17. The fourth-order valence-electron chi connectivity index (χ4n) is 5.56. The van der Waals surface area contributed by atoms with E-state index in [0.717, 1.165) is 58.3 Å². The molecule has 1 heterocycles. The van der Waals surface area contributed by atoms with Gasteiger partial charge in [-0.25, -0.2) is 0 Å². The Morgan fingerprint density at radius 2 is 1.61 bits per heavy atom.